The van der Waals surface area contributed by atoms with Crippen molar-refractivity contribution in [3.8, 4) is 0 Å². The first kappa shape index (κ1) is 12.2. The van der Waals surface area contributed by atoms with Gasteiger partial charge in [0.05, 0.1) is 24.8 Å². The minimum absolute atomic E-state index is 0.0356. The fourth-order valence-electron chi connectivity index (χ4n) is 1.57. The van der Waals surface area contributed by atoms with Gasteiger partial charge in [0, 0.05) is 20.2 Å². The predicted molar refractivity (Wildman–Crippen MR) is 54.3 cm³/mol. The molecule has 1 heterocycles. The normalized spacial score (nSPS) is 36.9. The Balaban J connectivity index is 2.44. The second kappa shape index (κ2) is 4.77. The molecule has 0 aliphatic carbocycles. The molecule has 82 valence electrons. The molecule has 1 aliphatic rings. The summed E-state index contributed by atoms with van der Waals surface area (Å²) in [5.41, 5.74) is 0. The van der Waals surface area contributed by atoms with E-state index in [-0.39, 0.29) is 18.2 Å². The van der Waals surface area contributed by atoms with E-state index in [0.717, 1.165) is 0 Å². The highest BCUT2D eigenvalue weighted by molar-refractivity contribution is 7.51. The zero-order valence-electron chi connectivity index (χ0n) is 8.67. The van der Waals surface area contributed by atoms with E-state index in [4.69, 9.17) is 18.9 Å². The Morgan fingerprint density at radius 2 is 2.36 bits per heavy atom. The summed E-state index contributed by atoms with van der Waals surface area (Å²) < 4.78 is 26.5. The summed E-state index contributed by atoms with van der Waals surface area (Å²) in [4.78, 5) is 9.06. The van der Waals surface area contributed by atoms with E-state index >= 15 is 0 Å². The molecule has 7 heteroatoms. The molecule has 0 bridgehead atoms. The van der Waals surface area contributed by atoms with E-state index in [2.05, 4.69) is 0 Å². The Morgan fingerprint density at radius 3 is 2.86 bits per heavy atom. The van der Waals surface area contributed by atoms with E-state index < -0.39 is 7.60 Å². The monoisotopic (exact) mass is 222 g/mol. The van der Waals surface area contributed by atoms with Gasteiger partial charge in [-0.3, -0.25) is 4.57 Å². The van der Waals surface area contributed by atoms with Crippen LogP contribution < -0.4 is 0 Å². The minimum Gasteiger partial charge on any atom is -0.382 e. The van der Waals surface area contributed by atoms with Crippen LogP contribution in [0.4, 0.5) is 0 Å². The third-order valence-electron chi connectivity index (χ3n) is 2.11. The van der Waals surface area contributed by atoms with Crippen LogP contribution >= 0.6 is 7.60 Å². The fourth-order valence-corrected chi connectivity index (χ4v) is 2.33. The molecule has 1 aliphatic heterocycles. The second-order valence-electron chi connectivity index (χ2n) is 3.60. The lowest BCUT2D eigenvalue weighted by Crippen LogP contribution is -2.23. The quantitative estimate of drug-likeness (QED) is 0.517. The predicted octanol–water partition coefficient (Wildman–Crippen LogP) is -0.419. The largest absolute Gasteiger partial charge is 0.382 e. The van der Waals surface area contributed by atoms with Crippen molar-refractivity contribution in [1.29, 1.82) is 0 Å². The summed E-state index contributed by atoms with van der Waals surface area (Å²) in [6.45, 7) is 1.67. The summed E-state index contributed by atoms with van der Waals surface area (Å²) >= 11 is 0. The molecule has 1 rings (SSSR count). The van der Waals surface area contributed by atoms with Gasteiger partial charge in [-0.1, -0.05) is 0 Å². The third kappa shape index (κ3) is 3.71. The Hall–Kier alpha value is 0.135. The lowest BCUT2D eigenvalue weighted by atomic mass is 9.94. The van der Waals surface area contributed by atoms with E-state index in [1.54, 1.807) is 7.11 Å². The van der Waals surface area contributed by atoms with E-state index in [9.17, 15) is 4.57 Å². The smallest absolute Gasteiger partial charge is 0.325 e. The zero-order valence-corrected chi connectivity index (χ0v) is 9.57. The second-order valence-corrected chi connectivity index (χ2v) is 5.42. The lowest BCUT2D eigenvalue weighted by molar-refractivity contribution is 0.0180. The van der Waals surface area contributed by atoms with Crippen LogP contribution in [0.2, 0.25) is 0 Å². The van der Waals surface area contributed by atoms with Gasteiger partial charge >= 0.3 is 7.60 Å². The first-order chi connectivity index (χ1) is 6.42. The molecule has 14 heavy (non-hydrogen) atoms. The van der Waals surface area contributed by atoms with Crippen LogP contribution in [0.25, 0.3) is 0 Å². The van der Waals surface area contributed by atoms with Crippen molar-refractivity contribution in [3.63, 3.8) is 0 Å². The van der Waals surface area contributed by atoms with Gasteiger partial charge in [0.1, 0.15) is 7.85 Å². The highest BCUT2D eigenvalue weighted by Crippen LogP contribution is 2.41. The first-order valence-electron chi connectivity index (χ1n) is 4.55. The molecule has 0 spiro atoms. The molecular weight excluding hydrogens is 206 g/mol. The average Bonchev–Trinajstić information content (AvgIpc) is 2.29. The third-order valence-corrected chi connectivity index (χ3v) is 2.77. The Kier molecular flexibility index (Phi) is 4.16. The molecule has 4 atom stereocenters. The molecule has 0 aromatic carbocycles. The maximum atomic E-state index is 11.0. The fraction of sp³-hybridized carbons (Fsp3) is 1.00. The molecule has 1 N–H and O–H groups in total. The number of hydrogen-bond donors (Lipinski definition) is 1. The SMILES string of the molecule is B[C@@H]1O[C@H](COC)C[C@H]1OP(C)(=O)O. The van der Waals surface area contributed by atoms with Crippen molar-refractivity contribution in [2.24, 2.45) is 0 Å². The van der Waals surface area contributed by atoms with Crippen LogP contribution in [0.15, 0.2) is 0 Å². The Labute approximate surface area is 84.7 Å². The molecule has 1 unspecified atom stereocenters. The van der Waals surface area contributed by atoms with Crippen molar-refractivity contribution < 1.29 is 23.5 Å². The van der Waals surface area contributed by atoms with Crippen LogP contribution in [-0.2, 0) is 18.6 Å². The van der Waals surface area contributed by atoms with Crippen LogP contribution in [0.5, 0.6) is 0 Å². The minimum atomic E-state index is -3.42. The molecule has 5 nitrogen and oxygen atoms in total. The Bertz CT molecular complexity index is 230. The van der Waals surface area contributed by atoms with Gasteiger partial charge in [-0.2, -0.15) is 0 Å². The maximum Gasteiger partial charge on any atom is 0.325 e. The summed E-state index contributed by atoms with van der Waals surface area (Å²) in [6.07, 6.45) is 0.260. The summed E-state index contributed by atoms with van der Waals surface area (Å²) in [5.74, 6) is 0. The molecule has 0 aromatic rings. The zero-order chi connectivity index (χ0) is 10.8. The molecule has 1 saturated heterocycles. The van der Waals surface area contributed by atoms with Gasteiger partial charge in [0.2, 0.25) is 0 Å². The van der Waals surface area contributed by atoms with E-state index in [1.807, 2.05) is 7.85 Å². The van der Waals surface area contributed by atoms with Gasteiger partial charge in [-0.05, 0) is 0 Å². The summed E-state index contributed by atoms with van der Waals surface area (Å²) in [5, 5.41) is 0. The molecular formula is C7H16BO5P. The number of hydrogen-bond acceptors (Lipinski definition) is 4. The van der Waals surface area contributed by atoms with E-state index in [1.165, 1.54) is 6.66 Å². The Morgan fingerprint density at radius 1 is 1.71 bits per heavy atom. The van der Waals surface area contributed by atoms with Gasteiger partial charge in [0.15, 0.2) is 0 Å². The maximum absolute atomic E-state index is 11.0. The molecule has 0 aromatic heterocycles. The van der Waals surface area contributed by atoms with Crippen LogP contribution in [0.1, 0.15) is 6.42 Å². The number of ether oxygens (including phenoxy) is 2. The number of rotatable bonds is 4. The van der Waals surface area contributed by atoms with Gasteiger partial charge < -0.3 is 18.9 Å². The highest BCUT2D eigenvalue weighted by atomic mass is 31.2. The van der Waals surface area contributed by atoms with Gasteiger partial charge in [-0.15, -0.1) is 0 Å². The first-order valence-corrected chi connectivity index (χ1v) is 6.58. The summed E-state index contributed by atoms with van der Waals surface area (Å²) in [6, 6.07) is -0.157. The molecule has 0 radical (unpaired) electrons. The highest BCUT2D eigenvalue weighted by Gasteiger charge is 2.35. The van der Waals surface area contributed by atoms with Gasteiger partial charge in [-0.25, -0.2) is 0 Å². The van der Waals surface area contributed by atoms with E-state index in [0.29, 0.717) is 13.0 Å². The van der Waals surface area contributed by atoms with Crippen LogP contribution in [0, 0.1) is 0 Å². The van der Waals surface area contributed by atoms with Crippen molar-refractivity contribution in [2.45, 2.75) is 24.6 Å². The van der Waals surface area contributed by atoms with Crippen molar-refractivity contribution in [1.82, 2.24) is 0 Å². The molecule has 1 fully saturated rings. The standard InChI is InChI=1S/C7H16BO5P/c1-11-4-5-3-6(7(8)12-5)13-14(2,9)10/h5-7H,3-4,8H2,1-2H3,(H,9,10)/t5-,6+,7+/m0/s1. The van der Waals surface area contributed by atoms with Gasteiger partial charge in [0.25, 0.3) is 0 Å². The van der Waals surface area contributed by atoms with Crippen molar-refractivity contribution in [3.05, 3.63) is 0 Å². The molecule has 0 amide bonds. The van der Waals surface area contributed by atoms with Crippen molar-refractivity contribution in [2.75, 3.05) is 20.4 Å². The van der Waals surface area contributed by atoms with Crippen LogP contribution in [0.3, 0.4) is 0 Å². The number of methoxy groups -OCH3 is 1. The van der Waals surface area contributed by atoms with Crippen LogP contribution in [-0.4, -0.2) is 51.3 Å². The lowest BCUT2D eigenvalue weighted by Gasteiger charge is -2.16. The average molecular weight is 222 g/mol. The summed E-state index contributed by atoms with van der Waals surface area (Å²) in [7, 11) is 0.00702. The van der Waals surface area contributed by atoms with Crippen molar-refractivity contribution >= 4 is 15.4 Å². The topological polar surface area (TPSA) is 65.0 Å². The molecule has 0 saturated carbocycles.